The maximum Gasteiger partial charge on any atom is 0.255 e. The van der Waals surface area contributed by atoms with Gasteiger partial charge in [-0.2, -0.15) is 11.8 Å². The summed E-state index contributed by atoms with van der Waals surface area (Å²) in [6, 6.07) is 6.17. The number of nitrogens with two attached hydrogens (primary N) is 2. The van der Waals surface area contributed by atoms with E-state index in [2.05, 4.69) is 5.32 Å². The van der Waals surface area contributed by atoms with Crippen molar-refractivity contribution in [1.29, 1.82) is 0 Å². The predicted octanol–water partition coefficient (Wildman–Crippen LogP) is 0.570. The molecule has 0 heterocycles. The summed E-state index contributed by atoms with van der Waals surface area (Å²) in [5.74, 6) is 0.486. The van der Waals surface area contributed by atoms with Gasteiger partial charge in [0.2, 0.25) is 5.91 Å². The third-order valence-corrected chi connectivity index (χ3v) is 3.10. The number of benzene rings is 1. The van der Waals surface area contributed by atoms with Crippen molar-refractivity contribution in [2.75, 3.05) is 23.9 Å². The highest BCUT2D eigenvalue weighted by atomic mass is 32.2. The predicted molar refractivity (Wildman–Crippen MR) is 80.7 cm³/mol. The molecule has 1 aromatic rings. The van der Waals surface area contributed by atoms with Crippen LogP contribution in [0, 0.1) is 0 Å². The van der Waals surface area contributed by atoms with Gasteiger partial charge < -0.3 is 21.5 Å². The van der Waals surface area contributed by atoms with Gasteiger partial charge in [0.15, 0.2) is 6.61 Å². The Labute approximate surface area is 122 Å². The summed E-state index contributed by atoms with van der Waals surface area (Å²) >= 11 is 1.64. The van der Waals surface area contributed by atoms with E-state index in [1.165, 1.54) is 0 Å². The molecule has 0 bridgehead atoms. The highest BCUT2D eigenvalue weighted by Crippen LogP contribution is 2.17. The molecule has 0 fully saturated rings. The third-order valence-electron chi connectivity index (χ3n) is 2.45. The van der Waals surface area contributed by atoms with Gasteiger partial charge in [-0.05, 0) is 30.6 Å². The average Bonchev–Trinajstić information content (AvgIpc) is 2.42. The van der Waals surface area contributed by atoms with Gasteiger partial charge in [0, 0.05) is 11.8 Å². The highest BCUT2D eigenvalue weighted by Gasteiger charge is 2.13. The molecular weight excluding hydrogens is 278 g/mol. The number of carbonyl (C=O) groups excluding carboxylic acids is 2. The molecule has 0 saturated carbocycles. The molecule has 2 amide bonds. The quantitative estimate of drug-likeness (QED) is 0.650. The van der Waals surface area contributed by atoms with E-state index in [9.17, 15) is 9.59 Å². The van der Waals surface area contributed by atoms with Gasteiger partial charge in [-0.25, -0.2) is 0 Å². The standard InChI is InChI=1S/C13H19N3O3S/c1-20-6-5-11(14)13(18)16-9-3-2-4-10(7-9)19-8-12(15)17/h2-4,7,11H,5-6,8,14H2,1H3,(H2,15,17)(H,16,18)/t11-/m1/s1. The Balaban J connectivity index is 2.56. The van der Waals surface area contributed by atoms with Crippen molar-refractivity contribution in [3.8, 4) is 5.75 Å². The lowest BCUT2D eigenvalue weighted by atomic mass is 10.2. The normalized spacial score (nSPS) is 11.7. The van der Waals surface area contributed by atoms with Gasteiger partial charge in [0.1, 0.15) is 5.75 Å². The second-order valence-electron chi connectivity index (χ2n) is 4.16. The van der Waals surface area contributed by atoms with Crippen LogP contribution in [0.1, 0.15) is 6.42 Å². The van der Waals surface area contributed by atoms with E-state index < -0.39 is 11.9 Å². The molecule has 0 radical (unpaired) electrons. The molecule has 0 aromatic heterocycles. The summed E-state index contributed by atoms with van der Waals surface area (Å²) in [6.45, 7) is -0.204. The maximum atomic E-state index is 11.8. The van der Waals surface area contributed by atoms with Gasteiger partial charge in [0.25, 0.3) is 5.91 Å². The molecule has 0 unspecified atom stereocenters. The Morgan fingerprint density at radius 1 is 1.45 bits per heavy atom. The van der Waals surface area contributed by atoms with Crippen molar-refractivity contribution in [3.63, 3.8) is 0 Å². The Morgan fingerprint density at radius 3 is 2.85 bits per heavy atom. The Morgan fingerprint density at radius 2 is 2.20 bits per heavy atom. The summed E-state index contributed by atoms with van der Waals surface area (Å²) in [5, 5.41) is 2.71. The fourth-order valence-corrected chi connectivity index (χ4v) is 1.92. The fourth-order valence-electron chi connectivity index (χ4n) is 1.43. The van der Waals surface area contributed by atoms with E-state index >= 15 is 0 Å². The van der Waals surface area contributed by atoms with Crippen molar-refractivity contribution >= 4 is 29.3 Å². The number of rotatable bonds is 8. The van der Waals surface area contributed by atoms with Gasteiger partial charge in [-0.3, -0.25) is 9.59 Å². The first kappa shape index (κ1) is 16.3. The van der Waals surface area contributed by atoms with Crippen LogP contribution in [0.3, 0.4) is 0 Å². The van der Waals surface area contributed by atoms with Crippen molar-refractivity contribution in [1.82, 2.24) is 0 Å². The molecule has 0 aliphatic carbocycles. The monoisotopic (exact) mass is 297 g/mol. The number of hydrogen-bond donors (Lipinski definition) is 3. The maximum absolute atomic E-state index is 11.8. The molecule has 0 aliphatic heterocycles. The largest absolute Gasteiger partial charge is 0.484 e. The first-order valence-electron chi connectivity index (χ1n) is 6.09. The van der Waals surface area contributed by atoms with Crippen LogP contribution < -0.4 is 21.5 Å². The molecule has 5 N–H and O–H groups in total. The van der Waals surface area contributed by atoms with E-state index in [4.69, 9.17) is 16.2 Å². The molecule has 110 valence electrons. The molecule has 0 aliphatic rings. The summed E-state index contributed by atoms with van der Waals surface area (Å²) in [5.41, 5.74) is 11.3. The minimum absolute atomic E-state index is 0.204. The first-order chi connectivity index (χ1) is 9.52. The van der Waals surface area contributed by atoms with E-state index in [0.29, 0.717) is 17.9 Å². The van der Waals surface area contributed by atoms with Crippen LogP contribution in [-0.2, 0) is 9.59 Å². The van der Waals surface area contributed by atoms with Gasteiger partial charge in [-0.1, -0.05) is 6.07 Å². The van der Waals surface area contributed by atoms with E-state index in [1.54, 1.807) is 36.0 Å². The van der Waals surface area contributed by atoms with Crippen LogP contribution in [0.25, 0.3) is 0 Å². The topological polar surface area (TPSA) is 107 Å². The van der Waals surface area contributed by atoms with Crippen molar-refractivity contribution in [2.45, 2.75) is 12.5 Å². The third kappa shape index (κ3) is 5.94. The van der Waals surface area contributed by atoms with Crippen molar-refractivity contribution in [2.24, 2.45) is 11.5 Å². The molecule has 20 heavy (non-hydrogen) atoms. The molecule has 7 heteroatoms. The Kier molecular flexibility index (Phi) is 6.89. The van der Waals surface area contributed by atoms with Gasteiger partial charge in [0.05, 0.1) is 6.04 Å². The van der Waals surface area contributed by atoms with E-state index in [1.807, 2.05) is 6.26 Å². The minimum Gasteiger partial charge on any atom is -0.484 e. The molecule has 6 nitrogen and oxygen atoms in total. The number of anilines is 1. The number of carbonyl (C=O) groups is 2. The number of primary amides is 1. The lowest BCUT2D eigenvalue weighted by Crippen LogP contribution is -2.36. The zero-order valence-corrected chi connectivity index (χ0v) is 12.1. The first-order valence-corrected chi connectivity index (χ1v) is 7.49. The second-order valence-corrected chi connectivity index (χ2v) is 5.15. The average molecular weight is 297 g/mol. The fraction of sp³-hybridized carbons (Fsp3) is 0.385. The van der Waals surface area contributed by atoms with Crippen LogP contribution >= 0.6 is 11.8 Å². The summed E-state index contributed by atoms with van der Waals surface area (Å²) in [4.78, 5) is 22.5. The van der Waals surface area contributed by atoms with Crippen LogP contribution in [0.15, 0.2) is 24.3 Å². The zero-order valence-electron chi connectivity index (χ0n) is 11.3. The number of hydrogen-bond acceptors (Lipinski definition) is 5. The van der Waals surface area contributed by atoms with Crippen molar-refractivity contribution < 1.29 is 14.3 Å². The van der Waals surface area contributed by atoms with Gasteiger partial charge in [-0.15, -0.1) is 0 Å². The van der Waals surface area contributed by atoms with E-state index in [0.717, 1.165) is 5.75 Å². The number of nitrogens with one attached hydrogen (secondary N) is 1. The van der Waals surface area contributed by atoms with Crippen molar-refractivity contribution in [3.05, 3.63) is 24.3 Å². The van der Waals surface area contributed by atoms with Crippen LogP contribution in [-0.4, -0.2) is 36.5 Å². The summed E-state index contributed by atoms with van der Waals surface area (Å²) in [7, 11) is 0. The molecule has 1 aromatic carbocycles. The molecule has 1 atom stereocenters. The number of ether oxygens (including phenoxy) is 1. The van der Waals surface area contributed by atoms with E-state index in [-0.39, 0.29) is 12.5 Å². The Bertz CT molecular complexity index is 468. The lowest BCUT2D eigenvalue weighted by Gasteiger charge is -2.12. The number of amides is 2. The number of thioether (sulfide) groups is 1. The molecular formula is C13H19N3O3S. The van der Waals surface area contributed by atoms with Crippen LogP contribution in [0.2, 0.25) is 0 Å². The summed E-state index contributed by atoms with van der Waals surface area (Å²) < 4.78 is 5.15. The van der Waals surface area contributed by atoms with Crippen LogP contribution in [0.4, 0.5) is 5.69 Å². The smallest absolute Gasteiger partial charge is 0.255 e. The Hall–Kier alpha value is -1.73. The van der Waals surface area contributed by atoms with Gasteiger partial charge >= 0.3 is 0 Å². The highest BCUT2D eigenvalue weighted by molar-refractivity contribution is 7.98. The minimum atomic E-state index is -0.557. The molecule has 0 spiro atoms. The van der Waals surface area contributed by atoms with Crippen LogP contribution in [0.5, 0.6) is 5.75 Å². The lowest BCUT2D eigenvalue weighted by molar-refractivity contribution is -0.120. The molecule has 0 saturated heterocycles. The zero-order chi connectivity index (χ0) is 15.0. The summed E-state index contributed by atoms with van der Waals surface area (Å²) in [6.07, 6.45) is 2.58. The second kappa shape index (κ2) is 8.44. The SMILES string of the molecule is CSCC[C@@H](N)C(=O)Nc1cccc(OCC(N)=O)c1. The molecule has 1 rings (SSSR count).